The molecule has 1 aromatic heterocycles. The number of allylic oxidation sites excluding steroid dienone is 1. The normalized spacial score (nSPS) is 12.3. The van der Waals surface area contributed by atoms with Crippen LogP contribution in [0.5, 0.6) is 0 Å². The molecule has 172 valence electrons. The fourth-order valence-corrected chi connectivity index (χ4v) is 3.57. The van der Waals surface area contributed by atoms with Crippen molar-refractivity contribution in [2.45, 2.75) is 67.3 Å². The van der Waals surface area contributed by atoms with Crippen LogP contribution in [0.15, 0.2) is 65.6 Å². The van der Waals surface area contributed by atoms with Crippen molar-refractivity contribution in [2.24, 2.45) is 4.99 Å². The molecule has 4 heteroatoms. The lowest BCUT2D eigenvalue weighted by Gasteiger charge is -2.20. The van der Waals surface area contributed by atoms with Crippen LogP contribution in [0.1, 0.15) is 65.1 Å². The van der Waals surface area contributed by atoms with Crippen LogP contribution in [0.3, 0.4) is 0 Å². The summed E-state index contributed by atoms with van der Waals surface area (Å²) in [5, 5.41) is 3.47. The van der Waals surface area contributed by atoms with E-state index in [9.17, 15) is 0 Å². The van der Waals surface area contributed by atoms with Crippen molar-refractivity contribution in [3.63, 3.8) is 0 Å². The van der Waals surface area contributed by atoms with E-state index in [1.165, 1.54) is 18.4 Å². The molecule has 0 atom stereocenters. The average molecular weight is 433 g/mol. The quantitative estimate of drug-likeness (QED) is 0.281. The molecule has 0 aliphatic carbocycles. The van der Waals surface area contributed by atoms with Crippen molar-refractivity contribution in [1.82, 2.24) is 9.88 Å². The average Bonchev–Trinajstić information content (AvgIpc) is 2.79. The third-order valence-electron chi connectivity index (χ3n) is 5.55. The summed E-state index contributed by atoms with van der Waals surface area (Å²) < 4.78 is 0. The maximum Gasteiger partial charge on any atom is 0.0814 e. The summed E-state index contributed by atoms with van der Waals surface area (Å²) in [7, 11) is 0. The van der Waals surface area contributed by atoms with Gasteiger partial charge in [0, 0.05) is 29.7 Å². The van der Waals surface area contributed by atoms with E-state index in [1.54, 1.807) is 0 Å². The molecule has 0 radical (unpaired) electrons. The number of hydrogen-bond donors (Lipinski definition) is 1. The van der Waals surface area contributed by atoms with Gasteiger partial charge < -0.3 is 5.32 Å². The monoisotopic (exact) mass is 432 g/mol. The van der Waals surface area contributed by atoms with Crippen molar-refractivity contribution >= 4 is 11.4 Å². The van der Waals surface area contributed by atoms with Gasteiger partial charge in [0.25, 0.3) is 0 Å². The number of aromatic nitrogens is 1. The van der Waals surface area contributed by atoms with E-state index in [0.29, 0.717) is 0 Å². The Balaban J connectivity index is 2.19. The van der Waals surface area contributed by atoms with Gasteiger partial charge in [0.15, 0.2) is 0 Å². The molecule has 2 aromatic rings. The first-order valence-corrected chi connectivity index (χ1v) is 11.9. The zero-order valence-electron chi connectivity index (χ0n) is 20.8. The zero-order valence-corrected chi connectivity index (χ0v) is 20.8. The van der Waals surface area contributed by atoms with Crippen LogP contribution in [0, 0.1) is 6.92 Å². The number of nitrogens with zero attached hydrogens (tertiary/aromatic N) is 3. The lowest BCUT2D eigenvalue weighted by atomic mass is 10.0. The Morgan fingerprint density at radius 3 is 2.34 bits per heavy atom. The number of aliphatic imine (C=N–C) groups is 1. The smallest absolute Gasteiger partial charge is 0.0814 e. The summed E-state index contributed by atoms with van der Waals surface area (Å²) in [6, 6.07) is 10.8. The molecule has 0 unspecified atom stereocenters. The molecule has 0 aliphatic heterocycles. The fraction of sp³-hybridized carbons (Fsp3) is 0.429. The van der Waals surface area contributed by atoms with E-state index in [0.717, 1.165) is 65.7 Å². The Morgan fingerprint density at radius 2 is 1.78 bits per heavy atom. The number of aryl methyl sites for hydroxylation is 1. The standard InChI is InChI=1S/C28H40N4/c1-8-16-32(17-9-2)20-26-15-14-25(19-29-26)24-13-12-21(5)28(18-24)31-23(7)27(11-4)30-22(6)10-3/h11-15,18-19,31H,7-10,16-17,20H2,1-6H3/b27-11-,30-22?. The number of rotatable bonds is 12. The number of nitrogens with one attached hydrogen (secondary N) is 1. The van der Waals surface area contributed by atoms with E-state index in [4.69, 9.17) is 4.98 Å². The van der Waals surface area contributed by atoms with Crippen LogP contribution in [0.25, 0.3) is 11.1 Å². The first-order valence-electron chi connectivity index (χ1n) is 11.9. The molecule has 4 nitrogen and oxygen atoms in total. The predicted octanol–water partition coefficient (Wildman–Crippen LogP) is 7.38. The fourth-order valence-electron chi connectivity index (χ4n) is 3.57. The molecule has 2 rings (SSSR count). The molecule has 1 heterocycles. The molecule has 1 aromatic carbocycles. The Bertz CT molecular complexity index is 932. The SMILES string of the molecule is C=C(Nc1cc(-c2ccc(CN(CCC)CCC)nc2)ccc1C)/C(=C/C)N=C(C)CC. The van der Waals surface area contributed by atoms with Gasteiger partial charge >= 0.3 is 0 Å². The van der Waals surface area contributed by atoms with Gasteiger partial charge in [-0.3, -0.25) is 14.9 Å². The van der Waals surface area contributed by atoms with E-state index in [2.05, 4.69) is 79.8 Å². The van der Waals surface area contributed by atoms with E-state index >= 15 is 0 Å². The molecule has 32 heavy (non-hydrogen) atoms. The summed E-state index contributed by atoms with van der Waals surface area (Å²) in [5.41, 5.74) is 8.36. The van der Waals surface area contributed by atoms with Crippen molar-refractivity contribution in [3.05, 3.63) is 71.8 Å². The number of benzene rings is 1. The highest BCUT2D eigenvalue weighted by Gasteiger charge is 2.09. The lowest BCUT2D eigenvalue weighted by Crippen LogP contribution is -2.25. The third kappa shape index (κ3) is 7.45. The largest absolute Gasteiger partial charge is 0.354 e. The van der Waals surface area contributed by atoms with Crippen LogP contribution < -0.4 is 5.32 Å². The van der Waals surface area contributed by atoms with Crippen molar-refractivity contribution in [2.75, 3.05) is 18.4 Å². The van der Waals surface area contributed by atoms with E-state index in [-0.39, 0.29) is 0 Å². The molecule has 0 spiro atoms. The van der Waals surface area contributed by atoms with Crippen molar-refractivity contribution in [1.29, 1.82) is 0 Å². The predicted molar refractivity (Wildman–Crippen MR) is 140 cm³/mol. The highest BCUT2D eigenvalue weighted by Crippen LogP contribution is 2.27. The molecule has 1 N–H and O–H groups in total. The third-order valence-corrected chi connectivity index (χ3v) is 5.55. The minimum Gasteiger partial charge on any atom is -0.354 e. The molecule has 0 fully saturated rings. The highest BCUT2D eigenvalue weighted by atomic mass is 15.1. The number of hydrogen-bond acceptors (Lipinski definition) is 4. The summed E-state index contributed by atoms with van der Waals surface area (Å²) in [5.74, 6) is 0. The minimum absolute atomic E-state index is 0.806. The van der Waals surface area contributed by atoms with Crippen LogP contribution in [0.2, 0.25) is 0 Å². The van der Waals surface area contributed by atoms with E-state index < -0.39 is 0 Å². The molecule has 0 bridgehead atoms. The summed E-state index contributed by atoms with van der Waals surface area (Å²) >= 11 is 0. The minimum atomic E-state index is 0.806. The first kappa shape index (κ1) is 25.5. The second-order valence-corrected chi connectivity index (χ2v) is 8.32. The summed E-state index contributed by atoms with van der Waals surface area (Å²) in [6.07, 6.45) is 7.25. The maximum absolute atomic E-state index is 4.75. The van der Waals surface area contributed by atoms with Crippen LogP contribution in [-0.4, -0.2) is 28.7 Å². The second-order valence-electron chi connectivity index (χ2n) is 8.32. The molecule has 0 amide bonds. The van der Waals surface area contributed by atoms with Gasteiger partial charge in [-0.1, -0.05) is 51.6 Å². The molecule has 0 saturated carbocycles. The van der Waals surface area contributed by atoms with Crippen LogP contribution in [-0.2, 0) is 6.54 Å². The first-order chi connectivity index (χ1) is 15.4. The van der Waals surface area contributed by atoms with Gasteiger partial charge in [-0.25, -0.2) is 0 Å². The lowest BCUT2D eigenvalue weighted by molar-refractivity contribution is 0.263. The molecule has 0 saturated heterocycles. The Labute approximate surface area is 195 Å². The van der Waals surface area contributed by atoms with Gasteiger partial charge in [0.05, 0.1) is 17.1 Å². The van der Waals surface area contributed by atoms with E-state index in [1.807, 2.05) is 26.1 Å². The summed E-state index contributed by atoms with van der Waals surface area (Å²) in [4.78, 5) is 11.9. The van der Waals surface area contributed by atoms with Crippen LogP contribution >= 0.6 is 0 Å². The number of anilines is 1. The Kier molecular flexibility index (Phi) is 10.4. The van der Waals surface area contributed by atoms with Crippen molar-refractivity contribution < 1.29 is 0 Å². The Morgan fingerprint density at radius 1 is 1.09 bits per heavy atom. The maximum atomic E-state index is 4.75. The van der Waals surface area contributed by atoms with Gasteiger partial charge in [-0.15, -0.1) is 0 Å². The van der Waals surface area contributed by atoms with Crippen molar-refractivity contribution in [3.8, 4) is 11.1 Å². The molecular weight excluding hydrogens is 392 g/mol. The zero-order chi connectivity index (χ0) is 23.5. The highest BCUT2D eigenvalue weighted by molar-refractivity contribution is 5.83. The number of pyridine rings is 1. The molecular formula is C28H40N4. The van der Waals surface area contributed by atoms with Gasteiger partial charge in [-0.05, 0) is 76.4 Å². The van der Waals surface area contributed by atoms with Gasteiger partial charge in [-0.2, -0.15) is 0 Å². The topological polar surface area (TPSA) is 40.5 Å². The van der Waals surface area contributed by atoms with Gasteiger partial charge in [0.1, 0.15) is 0 Å². The molecule has 0 aliphatic rings. The Hall–Kier alpha value is -2.72. The summed E-state index contributed by atoms with van der Waals surface area (Å²) in [6.45, 7) is 20.1. The van der Waals surface area contributed by atoms with Gasteiger partial charge in [0.2, 0.25) is 0 Å². The van der Waals surface area contributed by atoms with Crippen LogP contribution in [0.4, 0.5) is 5.69 Å². The second kappa shape index (κ2) is 13.0.